The van der Waals surface area contributed by atoms with E-state index in [0.29, 0.717) is 5.89 Å². The molecule has 7 nitrogen and oxygen atoms in total. The number of nitrogens with zero attached hydrogens (tertiary/aromatic N) is 5. The highest BCUT2D eigenvalue weighted by molar-refractivity contribution is 7.18. The van der Waals surface area contributed by atoms with E-state index in [9.17, 15) is 0 Å². The number of fused-ring (bicyclic) bond motifs is 1. The highest BCUT2D eigenvalue weighted by Crippen LogP contribution is 2.38. The molecule has 140 valence electrons. The number of oxazole rings is 1. The molecule has 0 fully saturated rings. The van der Waals surface area contributed by atoms with Gasteiger partial charge in [-0.05, 0) is 32.9 Å². The third kappa shape index (κ3) is 3.44. The van der Waals surface area contributed by atoms with Gasteiger partial charge in [-0.25, -0.2) is 9.97 Å². The van der Waals surface area contributed by atoms with Crippen LogP contribution in [-0.2, 0) is 4.84 Å². The Balaban J connectivity index is 1.73. The van der Waals surface area contributed by atoms with Crippen molar-refractivity contribution in [3.05, 3.63) is 35.9 Å². The van der Waals surface area contributed by atoms with Gasteiger partial charge in [0.15, 0.2) is 5.69 Å². The van der Waals surface area contributed by atoms with Crippen molar-refractivity contribution >= 4 is 22.9 Å². The van der Waals surface area contributed by atoms with Crippen LogP contribution in [0.1, 0.15) is 31.7 Å². The largest absolute Gasteiger partial charge is 0.419 e. The predicted molar refractivity (Wildman–Crippen MR) is 106 cm³/mol. The van der Waals surface area contributed by atoms with Crippen LogP contribution in [0.15, 0.2) is 34.1 Å². The zero-order valence-electron chi connectivity index (χ0n) is 15.8. The highest BCUT2D eigenvalue weighted by Gasteiger charge is 2.29. The van der Waals surface area contributed by atoms with Gasteiger partial charge in [0.1, 0.15) is 21.7 Å². The van der Waals surface area contributed by atoms with E-state index in [0.717, 1.165) is 51.4 Å². The quantitative estimate of drug-likeness (QED) is 0.630. The second-order valence-corrected chi connectivity index (χ2v) is 7.71. The summed E-state index contributed by atoms with van der Waals surface area (Å²) in [5.41, 5.74) is 3.44. The molecule has 1 aliphatic rings. The summed E-state index contributed by atoms with van der Waals surface area (Å²) in [6, 6.07) is 3.90. The fraction of sp³-hybridized carbons (Fsp3) is 0.368. The van der Waals surface area contributed by atoms with Gasteiger partial charge in [0.2, 0.25) is 11.8 Å². The van der Waals surface area contributed by atoms with Crippen LogP contribution in [-0.4, -0.2) is 40.4 Å². The van der Waals surface area contributed by atoms with Crippen molar-refractivity contribution in [2.75, 3.05) is 18.5 Å². The number of hydrogen-bond acceptors (Lipinski definition) is 8. The summed E-state index contributed by atoms with van der Waals surface area (Å²) >= 11 is 1.55. The maximum atomic E-state index is 6.10. The van der Waals surface area contributed by atoms with Crippen molar-refractivity contribution in [3.8, 4) is 21.3 Å². The summed E-state index contributed by atoms with van der Waals surface area (Å²) in [4.78, 5) is 22.0. The first kappa shape index (κ1) is 17.7. The molecule has 0 amide bonds. The Labute approximate surface area is 161 Å². The lowest BCUT2D eigenvalue weighted by molar-refractivity contribution is 0.0855. The smallest absolute Gasteiger partial charge is 0.241 e. The van der Waals surface area contributed by atoms with Crippen molar-refractivity contribution in [2.24, 2.45) is 5.16 Å². The van der Waals surface area contributed by atoms with E-state index in [4.69, 9.17) is 14.2 Å². The molecule has 3 aromatic heterocycles. The standard InChI is InChI=1S/C19H21N5O2S/c1-11(2)26-23-14-7-9-24(4)19-15(14)22-17(25-19)16-12(3)21-18(27-16)13-6-5-8-20-10-13/h5-6,8,10-11H,7,9H2,1-4H3. The summed E-state index contributed by atoms with van der Waals surface area (Å²) in [6.45, 7) is 6.68. The monoisotopic (exact) mass is 383 g/mol. The van der Waals surface area contributed by atoms with Crippen LogP contribution in [0.4, 0.5) is 5.88 Å². The second kappa shape index (κ2) is 7.11. The number of oxime groups is 1. The van der Waals surface area contributed by atoms with E-state index in [1.54, 1.807) is 17.5 Å². The van der Waals surface area contributed by atoms with Gasteiger partial charge in [-0.1, -0.05) is 5.16 Å². The van der Waals surface area contributed by atoms with Crippen molar-refractivity contribution in [1.29, 1.82) is 0 Å². The first-order chi connectivity index (χ1) is 13.0. The molecule has 0 saturated carbocycles. The number of aromatic nitrogens is 3. The zero-order valence-corrected chi connectivity index (χ0v) is 16.6. The summed E-state index contributed by atoms with van der Waals surface area (Å²) < 4.78 is 6.10. The summed E-state index contributed by atoms with van der Waals surface area (Å²) in [5, 5.41) is 5.19. The molecule has 0 radical (unpaired) electrons. The van der Waals surface area contributed by atoms with Crippen molar-refractivity contribution in [2.45, 2.75) is 33.3 Å². The van der Waals surface area contributed by atoms with Crippen LogP contribution in [0.3, 0.4) is 0 Å². The van der Waals surface area contributed by atoms with E-state index >= 15 is 0 Å². The Bertz CT molecular complexity index is 977. The maximum absolute atomic E-state index is 6.10. The number of pyridine rings is 1. The van der Waals surface area contributed by atoms with E-state index in [-0.39, 0.29) is 6.10 Å². The number of aryl methyl sites for hydroxylation is 1. The van der Waals surface area contributed by atoms with Gasteiger partial charge in [-0.15, -0.1) is 11.3 Å². The third-order valence-electron chi connectivity index (χ3n) is 4.19. The van der Waals surface area contributed by atoms with E-state index < -0.39 is 0 Å². The number of thiazole rings is 1. The maximum Gasteiger partial charge on any atom is 0.241 e. The van der Waals surface area contributed by atoms with Gasteiger partial charge in [-0.3, -0.25) is 4.98 Å². The minimum atomic E-state index is 0.0257. The van der Waals surface area contributed by atoms with Crippen LogP contribution in [0.25, 0.3) is 21.3 Å². The van der Waals surface area contributed by atoms with Gasteiger partial charge >= 0.3 is 0 Å². The highest BCUT2D eigenvalue weighted by atomic mass is 32.1. The lowest BCUT2D eigenvalue weighted by Gasteiger charge is -2.22. The molecule has 0 unspecified atom stereocenters. The molecule has 0 atom stereocenters. The number of anilines is 1. The zero-order chi connectivity index (χ0) is 19.0. The Morgan fingerprint density at radius 2 is 2.19 bits per heavy atom. The number of rotatable bonds is 4. The SMILES string of the molecule is Cc1nc(-c2cccnc2)sc1-c1nc2c(o1)N(C)CCC2=NOC(C)C. The molecular weight excluding hydrogens is 362 g/mol. The van der Waals surface area contributed by atoms with Crippen molar-refractivity contribution in [3.63, 3.8) is 0 Å². The molecule has 1 aliphatic heterocycles. The fourth-order valence-corrected chi connectivity index (χ4v) is 3.80. The van der Waals surface area contributed by atoms with Crippen LogP contribution in [0.5, 0.6) is 0 Å². The average molecular weight is 383 g/mol. The first-order valence-electron chi connectivity index (χ1n) is 8.86. The third-order valence-corrected chi connectivity index (χ3v) is 5.38. The van der Waals surface area contributed by atoms with E-state index in [1.165, 1.54) is 0 Å². The molecule has 27 heavy (non-hydrogen) atoms. The van der Waals surface area contributed by atoms with E-state index in [2.05, 4.69) is 20.0 Å². The van der Waals surface area contributed by atoms with Gasteiger partial charge in [0.05, 0.1) is 5.69 Å². The normalized spacial score (nSPS) is 15.4. The molecule has 8 heteroatoms. The lowest BCUT2D eigenvalue weighted by atomic mass is 10.1. The average Bonchev–Trinajstić information content (AvgIpc) is 3.26. The lowest BCUT2D eigenvalue weighted by Crippen LogP contribution is -2.28. The molecule has 0 aliphatic carbocycles. The Hall–Kier alpha value is -2.74. The van der Waals surface area contributed by atoms with E-state index in [1.807, 2.05) is 46.1 Å². The van der Waals surface area contributed by atoms with Gasteiger partial charge in [0.25, 0.3) is 0 Å². The number of hydrogen-bond donors (Lipinski definition) is 0. The second-order valence-electron chi connectivity index (χ2n) is 6.71. The summed E-state index contributed by atoms with van der Waals surface area (Å²) in [7, 11) is 1.99. The molecule has 0 aromatic carbocycles. The molecule has 4 rings (SSSR count). The van der Waals surface area contributed by atoms with Crippen LogP contribution in [0, 0.1) is 6.92 Å². The fourth-order valence-electron chi connectivity index (χ4n) is 2.81. The predicted octanol–water partition coefficient (Wildman–Crippen LogP) is 4.14. The first-order valence-corrected chi connectivity index (χ1v) is 9.68. The summed E-state index contributed by atoms with van der Waals surface area (Å²) in [6.07, 6.45) is 4.36. The summed E-state index contributed by atoms with van der Waals surface area (Å²) in [5.74, 6) is 1.29. The molecule has 4 heterocycles. The molecule has 0 saturated heterocycles. The minimum Gasteiger partial charge on any atom is -0.419 e. The van der Waals surface area contributed by atoms with Crippen LogP contribution >= 0.6 is 11.3 Å². The minimum absolute atomic E-state index is 0.0257. The molecule has 3 aromatic rings. The van der Waals surface area contributed by atoms with Crippen molar-refractivity contribution < 1.29 is 9.25 Å². The Morgan fingerprint density at radius 1 is 1.33 bits per heavy atom. The van der Waals surface area contributed by atoms with Gasteiger partial charge in [-0.2, -0.15) is 0 Å². The molecule has 0 bridgehead atoms. The molecule has 0 spiro atoms. The Kier molecular flexibility index (Phi) is 4.65. The Morgan fingerprint density at radius 3 is 2.93 bits per heavy atom. The van der Waals surface area contributed by atoms with Gasteiger partial charge in [0, 0.05) is 38.0 Å². The van der Waals surface area contributed by atoms with Crippen molar-refractivity contribution in [1.82, 2.24) is 15.0 Å². The topological polar surface area (TPSA) is 76.6 Å². The molecular formula is C19H21N5O2S. The van der Waals surface area contributed by atoms with Crippen LogP contribution < -0.4 is 4.90 Å². The van der Waals surface area contributed by atoms with Gasteiger partial charge < -0.3 is 14.2 Å². The van der Waals surface area contributed by atoms with Crippen LogP contribution in [0.2, 0.25) is 0 Å². The molecule has 0 N–H and O–H groups in total.